The maximum absolute atomic E-state index is 12.3. The van der Waals surface area contributed by atoms with Crippen molar-refractivity contribution in [1.82, 2.24) is 4.90 Å². The lowest BCUT2D eigenvalue weighted by molar-refractivity contribution is -0.137. The second-order valence-corrected chi connectivity index (χ2v) is 4.66. The summed E-state index contributed by atoms with van der Waals surface area (Å²) in [5.74, 6) is 0.0789. The minimum atomic E-state index is -0.688. The molecule has 0 aliphatic carbocycles. The van der Waals surface area contributed by atoms with Gasteiger partial charge in [0, 0.05) is 20.2 Å². The molecule has 0 aromatic heterocycles. The van der Waals surface area contributed by atoms with Gasteiger partial charge in [-0.1, -0.05) is 19.9 Å². The highest BCUT2D eigenvalue weighted by Crippen LogP contribution is 2.19. The van der Waals surface area contributed by atoms with E-state index in [1.807, 2.05) is 18.7 Å². The number of rotatable bonds is 5. The molecule has 0 atom stereocenters. The molecule has 4 heteroatoms. The van der Waals surface area contributed by atoms with E-state index in [-0.39, 0.29) is 5.91 Å². The van der Waals surface area contributed by atoms with Crippen LogP contribution in [0.4, 0.5) is 0 Å². The van der Waals surface area contributed by atoms with Crippen LogP contribution < -0.4 is 5.73 Å². The smallest absolute Gasteiger partial charge is 0.242 e. The predicted molar refractivity (Wildman–Crippen MR) is 68.7 cm³/mol. The summed E-state index contributed by atoms with van der Waals surface area (Å²) in [5.41, 5.74) is 6.71. The molecule has 98 valence electrons. The number of nitrogens with two attached hydrogens (primary N) is 1. The standard InChI is InChI=1S/C13H24N2O2/c1-4-13(14,5-2)12(16)15-8-6-11(7-9-15)10-17-3/h6H,4-5,7-10,14H2,1-3H3. The van der Waals surface area contributed by atoms with Crippen molar-refractivity contribution in [3.05, 3.63) is 11.6 Å². The fourth-order valence-electron chi connectivity index (χ4n) is 2.08. The van der Waals surface area contributed by atoms with Crippen LogP contribution in [0, 0.1) is 0 Å². The zero-order valence-electron chi connectivity index (χ0n) is 11.2. The van der Waals surface area contributed by atoms with Gasteiger partial charge in [-0.3, -0.25) is 4.79 Å². The molecule has 0 aromatic carbocycles. The van der Waals surface area contributed by atoms with Crippen molar-refractivity contribution in [2.45, 2.75) is 38.6 Å². The number of amides is 1. The van der Waals surface area contributed by atoms with Gasteiger partial charge in [-0.15, -0.1) is 0 Å². The molecule has 1 heterocycles. The molecule has 1 amide bonds. The van der Waals surface area contributed by atoms with Crippen LogP contribution in [0.5, 0.6) is 0 Å². The topological polar surface area (TPSA) is 55.6 Å². The molecule has 4 nitrogen and oxygen atoms in total. The Bertz CT molecular complexity index is 296. The molecule has 1 aliphatic heterocycles. The third-order valence-corrected chi connectivity index (χ3v) is 3.61. The van der Waals surface area contributed by atoms with E-state index < -0.39 is 5.54 Å². The monoisotopic (exact) mass is 240 g/mol. The highest BCUT2D eigenvalue weighted by atomic mass is 16.5. The van der Waals surface area contributed by atoms with Crippen molar-refractivity contribution < 1.29 is 9.53 Å². The minimum Gasteiger partial charge on any atom is -0.380 e. The van der Waals surface area contributed by atoms with Gasteiger partial charge in [-0.2, -0.15) is 0 Å². The summed E-state index contributed by atoms with van der Waals surface area (Å²) in [6, 6.07) is 0. The largest absolute Gasteiger partial charge is 0.380 e. The number of hydrogen-bond donors (Lipinski definition) is 1. The first kappa shape index (κ1) is 14.2. The Morgan fingerprint density at radius 1 is 1.53 bits per heavy atom. The Labute approximate surface area is 104 Å². The normalized spacial score (nSPS) is 16.9. The zero-order chi connectivity index (χ0) is 12.9. The lowest BCUT2D eigenvalue weighted by atomic mass is 9.91. The van der Waals surface area contributed by atoms with Crippen LogP contribution in [0.25, 0.3) is 0 Å². The van der Waals surface area contributed by atoms with E-state index in [9.17, 15) is 4.79 Å². The summed E-state index contributed by atoms with van der Waals surface area (Å²) >= 11 is 0. The summed E-state index contributed by atoms with van der Waals surface area (Å²) in [6.07, 6.45) is 4.35. The van der Waals surface area contributed by atoms with Crippen molar-refractivity contribution in [3.8, 4) is 0 Å². The first-order valence-corrected chi connectivity index (χ1v) is 6.32. The molecule has 0 fully saturated rings. The van der Waals surface area contributed by atoms with Gasteiger partial charge in [-0.05, 0) is 24.8 Å². The number of ether oxygens (including phenoxy) is 1. The molecule has 2 N–H and O–H groups in total. The van der Waals surface area contributed by atoms with E-state index in [2.05, 4.69) is 6.08 Å². The van der Waals surface area contributed by atoms with Crippen LogP contribution in [-0.4, -0.2) is 43.2 Å². The number of hydrogen-bond acceptors (Lipinski definition) is 3. The Balaban J connectivity index is 2.62. The van der Waals surface area contributed by atoms with E-state index in [4.69, 9.17) is 10.5 Å². The average molecular weight is 240 g/mol. The summed E-state index contributed by atoms with van der Waals surface area (Å²) in [4.78, 5) is 14.1. The van der Waals surface area contributed by atoms with E-state index in [0.29, 0.717) is 26.0 Å². The lowest BCUT2D eigenvalue weighted by Gasteiger charge is -2.34. The van der Waals surface area contributed by atoms with Gasteiger partial charge < -0.3 is 15.4 Å². The van der Waals surface area contributed by atoms with E-state index in [1.165, 1.54) is 5.57 Å². The van der Waals surface area contributed by atoms with Crippen LogP contribution in [0.15, 0.2) is 11.6 Å². The molecule has 0 aromatic rings. The predicted octanol–water partition coefficient (Wildman–Crippen LogP) is 1.31. The highest BCUT2D eigenvalue weighted by Gasteiger charge is 2.34. The second kappa shape index (κ2) is 6.17. The van der Waals surface area contributed by atoms with Crippen LogP contribution in [0.1, 0.15) is 33.1 Å². The van der Waals surface area contributed by atoms with Crippen molar-refractivity contribution in [2.24, 2.45) is 5.73 Å². The molecule has 0 radical (unpaired) electrons. The minimum absolute atomic E-state index is 0.0789. The summed E-state index contributed by atoms with van der Waals surface area (Å²) in [5, 5.41) is 0. The van der Waals surface area contributed by atoms with Crippen molar-refractivity contribution in [3.63, 3.8) is 0 Å². The summed E-state index contributed by atoms with van der Waals surface area (Å²) in [7, 11) is 1.69. The number of nitrogens with zero attached hydrogens (tertiary/aromatic N) is 1. The summed E-state index contributed by atoms with van der Waals surface area (Å²) in [6.45, 7) is 6.02. The molecule has 0 bridgehead atoms. The molecular formula is C13H24N2O2. The molecule has 0 spiro atoms. The molecule has 1 aliphatic rings. The van der Waals surface area contributed by atoms with E-state index in [1.54, 1.807) is 7.11 Å². The highest BCUT2D eigenvalue weighted by molar-refractivity contribution is 5.86. The molecular weight excluding hydrogens is 216 g/mol. The van der Waals surface area contributed by atoms with Crippen molar-refractivity contribution in [1.29, 1.82) is 0 Å². The SMILES string of the molecule is CCC(N)(CC)C(=O)N1CC=C(COC)CC1. The maximum atomic E-state index is 12.3. The number of carbonyl (C=O) groups is 1. The fraction of sp³-hybridized carbons (Fsp3) is 0.769. The Morgan fingerprint density at radius 2 is 2.18 bits per heavy atom. The summed E-state index contributed by atoms with van der Waals surface area (Å²) < 4.78 is 5.09. The van der Waals surface area contributed by atoms with Gasteiger partial charge in [0.25, 0.3) is 0 Å². The van der Waals surface area contributed by atoms with Gasteiger partial charge >= 0.3 is 0 Å². The Hall–Kier alpha value is -0.870. The van der Waals surface area contributed by atoms with Crippen LogP contribution in [0.2, 0.25) is 0 Å². The van der Waals surface area contributed by atoms with Gasteiger partial charge in [0.05, 0.1) is 12.1 Å². The zero-order valence-corrected chi connectivity index (χ0v) is 11.2. The van der Waals surface area contributed by atoms with Crippen LogP contribution in [0.3, 0.4) is 0 Å². The fourth-order valence-corrected chi connectivity index (χ4v) is 2.08. The Morgan fingerprint density at radius 3 is 2.59 bits per heavy atom. The van der Waals surface area contributed by atoms with Crippen LogP contribution >= 0.6 is 0 Å². The van der Waals surface area contributed by atoms with E-state index >= 15 is 0 Å². The molecule has 1 rings (SSSR count). The second-order valence-electron chi connectivity index (χ2n) is 4.66. The van der Waals surface area contributed by atoms with Crippen molar-refractivity contribution in [2.75, 3.05) is 26.8 Å². The quantitative estimate of drug-likeness (QED) is 0.737. The molecule has 0 saturated carbocycles. The van der Waals surface area contributed by atoms with Gasteiger partial charge in [0.2, 0.25) is 5.91 Å². The van der Waals surface area contributed by atoms with Gasteiger partial charge in [0.1, 0.15) is 0 Å². The van der Waals surface area contributed by atoms with Crippen LogP contribution in [-0.2, 0) is 9.53 Å². The van der Waals surface area contributed by atoms with Crippen molar-refractivity contribution >= 4 is 5.91 Å². The van der Waals surface area contributed by atoms with E-state index in [0.717, 1.165) is 13.0 Å². The third-order valence-electron chi connectivity index (χ3n) is 3.61. The molecule has 0 saturated heterocycles. The number of carbonyl (C=O) groups excluding carboxylic acids is 1. The molecule has 17 heavy (non-hydrogen) atoms. The first-order valence-electron chi connectivity index (χ1n) is 6.32. The third kappa shape index (κ3) is 3.30. The van der Waals surface area contributed by atoms with Gasteiger partial charge in [-0.25, -0.2) is 0 Å². The maximum Gasteiger partial charge on any atom is 0.242 e. The first-order chi connectivity index (χ1) is 8.07. The van der Waals surface area contributed by atoms with Gasteiger partial charge in [0.15, 0.2) is 0 Å². The average Bonchev–Trinajstić information content (AvgIpc) is 2.38. The Kier molecular flexibility index (Phi) is 5.15. The molecule has 0 unspecified atom stereocenters. The number of methoxy groups -OCH3 is 1. The lowest BCUT2D eigenvalue weighted by Crippen LogP contribution is -2.55.